The minimum absolute atomic E-state index is 0.261. The Morgan fingerprint density at radius 1 is 0.897 bits per heavy atom. The summed E-state index contributed by atoms with van der Waals surface area (Å²) in [5, 5.41) is 8.79. The molecule has 4 rings (SSSR count). The first kappa shape index (κ1) is 18.2. The molecule has 4 aromatic rings. The molecule has 3 amide bonds. The molecule has 7 heteroatoms. The van der Waals surface area contributed by atoms with Crippen LogP contribution in [0.1, 0.15) is 10.4 Å². The number of furan rings is 1. The fourth-order valence-corrected chi connectivity index (χ4v) is 2.94. The van der Waals surface area contributed by atoms with E-state index in [0.717, 1.165) is 5.39 Å². The molecule has 0 radical (unpaired) electrons. The van der Waals surface area contributed by atoms with Crippen molar-refractivity contribution in [3.63, 3.8) is 0 Å². The number of nitrogens with one attached hydrogen (secondary N) is 3. The molecule has 0 aliphatic heterocycles. The Morgan fingerprint density at radius 3 is 2.31 bits per heavy atom. The van der Waals surface area contributed by atoms with Gasteiger partial charge in [-0.2, -0.15) is 0 Å². The standard InChI is InChI=1S/C22H18N4O3/c1-23-22(28)25-15-10-8-14(9-11-15)24-21(27)17-13-19(20-7-4-12-29-20)26-18-6-3-2-5-16(17)18/h2-13H,1H3,(H,24,27)(H2,23,25,28). The van der Waals surface area contributed by atoms with Crippen LogP contribution in [0.25, 0.3) is 22.4 Å². The van der Waals surface area contributed by atoms with E-state index in [1.165, 1.54) is 0 Å². The number of rotatable bonds is 4. The molecule has 0 saturated carbocycles. The number of carbonyl (C=O) groups is 2. The number of hydrogen-bond acceptors (Lipinski definition) is 4. The Labute approximate surface area is 166 Å². The molecule has 0 unspecified atom stereocenters. The quantitative estimate of drug-likeness (QED) is 0.481. The fraction of sp³-hybridized carbons (Fsp3) is 0.0455. The lowest BCUT2D eigenvalue weighted by Crippen LogP contribution is -2.24. The molecule has 144 valence electrons. The maximum atomic E-state index is 13.0. The van der Waals surface area contributed by atoms with E-state index in [1.807, 2.05) is 24.3 Å². The molecule has 0 atom stereocenters. The number of aromatic nitrogens is 1. The minimum Gasteiger partial charge on any atom is -0.463 e. The number of urea groups is 1. The van der Waals surface area contributed by atoms with Gasteiger partial charge in [-0.3, -0.25) is 4.79 Å². The lowest BCUT2D eigenvalue weighted by atomic mass is 10.1. The largest absolute Gasteiger partial charge is 0.463 e. The second kappa shape index (κ2) is 7.85. The van der Waals surface area contributed by atoms with E-state index in [0.29, 0.717) is 33.9 Å². The monoisotopic (exact) mass is 386 g/mol. The van der Waals surface area contributed by atoms with E-state index in [2.05, 4.69) is 20.9 Å². The molecule has 0 aliphatic carbocycles. The van der Waals surface area contributed by atoms with Crippen LogP contribution in [0.15, 0.2) is 77.4 Å². The van der Waals surface area contributed by atoms with Crippen LogP contribution in [0.2, 0.25) is 0 Å². The zero-order chi connectivity index (χ0) is 20.2. The van der Waals surface area contributed by atoms with Crippen LogP contribution in [0.3, 0.4) is 0 Å². The maximum absolute atomic E-state index is 13.0. The highest BCUT2D eigenvalue weighted by atomic mass is 16.3. The van der Waals surface area contributed by atoms with Gasteiger partial charge < -0.3 is 20.4 Å². The zero-order valence-corrected chi connectivity index (χ0v) is 15.6. The van der Waals surface area contributed by atoms with Crippen LogP contribution < -0.4 is 16.0 Å². The average molecular weight is 386 g/mol. The van der Waals surface area contributed by atoms with Gasteiger partial charge in [0.1, 0.15) is 5.69 Å². The molecule has 2 heterocycles. The van der Waals surface area contributed by atoms with Crippen LogP contribution in [-0.4, -0.2) is 24.0 Å². The molecule has 0 bridgehead atoms. The fourth-order valence-electron chi connectivity index (χ4n) is 2.94. The molecule has 29 heavy (non-hydrogen) atoms. The highest BCUT2D eigenvalue weighted by Gasteiger charge is 2.15. The predicted octanol–water partition coefficient (Wildman–Crippen LogP) is 4.50. The minimum atomic E-state index is -0.310. The molecule has 0 saturated heterocycles. The lowest BCUT2D eigenvalue weighted by Gasteiger charge is -2.10. The summed E-state index contributed by atoms with van der Waals surface area (Å²) < 4.78 is 5.44. The van der Waals surface area contributed by atoms with Crippen molar-refractivity contribution in [2.24, 2.45) is 0 Å². The van der Waals surface area contributed by atoms with E-state index in [-0.39, 0.29) is 11.9 Å². The molecular weight excluding hydrogens is 368 g/mol. The third-order valence-corrected chi connectivity index (χ3v) is 4.36. The molecular formula is C22H18N4O3. The number of fused-ring (bicyclic) bond motifs is 1. The van der Waals surface area contributed by atoms with Crippen molar-refractivity contribution < 1.29 is 14.0 Å². The SMILES string of the molecule is CNC(=O)Nc1ccc(NC(=O)c2cc(-c3ccco3)nc3ccccc23)cc1. The van der Waals surface area contributed by atoms with E-state index in [9.17, 15) is 9.59 Å². The van der Waals surface area contributed by atoms with Crippen molar-refractivity contribution in [1.29, 1.82) is 0 Å². The molecule has 2 aromatic carbocycles. The number of benzene rings is 2. The average Bonchev–Trinajstić information content (AvgIpc) is 3.29. The molecule has 0 spiro atoms. The van der Waals surface area contributed by atoms with Crippen LogP contribution in [-0.2, 0) is 0 Å². The van der Waals surface area contributed by atoms with Gasteiger partial charge in [-0.05, 0) is 48.5 Å². The van der Waals surface area contributed by atoms with Gasteiger partial charge in [-0.25, -0.2) is 9.78 Å². The van der Waals surface area contributed by atoms with Crippen molar-refractivity contribution in [2.45, 2.75) is 0 Å². The maximum Gasteiger partial charge on any atom is 0.318 e. The lowest BCUT2D eigenvalue weighted by molar-refractivity contribution is 0.102. The van der Waals surface area contributed by atoms with E-state index in [4.69, 9.17) is 4.42 Å². The van der Waals surface area contributed by atoms with Gasteiger partial charge in [0.15, 0.2) is 5.76 Å². The Morgan fingerprint density at radius 2 is 1.62 bits per heavy atom. The number of carbonyl (C=O) groups excluding carboxylic acids is 2. The molecule has 0 aliphatic rings. The summed E-state index contributed by atoms with van der Waals surface area (Å²) >= 11 is 0. The molecule has 3 N–H and O–H groups in total. The van der Waals surface area contributed by atoms with Crippen molar-refractivity contribution in [2.75, 3.05) is 17.7 Å². The van der Waals surface area contributed by atoms with Crippen LogP contribution in [0.4, 0.5) is 16.2 Å². The first-order valence-electron chi connectivity index (χ1n) is 8.98. The highest BCUT2D eigenvalue weighted by molar-refractivity contribution is 6.13. The van der Waals surface area contributed by atoms with E-state index < -0.39 is 0 Å². The van der Waals surface area contributed by atoms with Crippen molar-refractivity contribution in [3.8, 4) is 11.5 Å². The summed E-state index contributed by atoms with van der Waals surface area (Å²) in [4.78, 5) is 29.0. The number of para-hydroxylation sites is 1. The second-order valence-corrected chi connectivity index (χ2v) is 6.29. The van der Waals surface area contributed by atoms with Gasteiger partial charge in [-0.15, -0.1) is 0 Å². The van der Waals surface area contributed by atoms with Crippen molar-refractivity contribution >= 4 is 34.2 Å². The normalized spacial score (nSPS) is 10.5. The summed E-state index contributed by atoms with van der Waals surface area (Å²) in [6.07, 6.45) is 1.57. The third kappa shape index (κ3) is 3.93. The van der Waals surface area contributed by atoms with Gasteiger partial charge in [0.25, 0.3) is 5.91 Å². The summed E-state index contributed by atoms with van der Waals surface area (Å²) in [6, 6.07) is 19.3. The Kier molecular flexibility index (Phi) is 4.94. The Hall–Kier alpha value is -4.13. The van der Waals surface area contributed by atoms with Gasteiger partial charge >= 0.3 is 6.03 Å². The Balaban J connectivity index is 1.64. The topological polar surface area (TPSA) is 96.3 Å². The summed E-state index contributed by atoms with van der Waals surface area (Å²) in [5.41, 5.74) is 3.02. The number of pyridine rings is 1. The second-order valence-electron chi connectivity index (χ2n) is 6.29. The van der Waals surface area contributed by atoms with E-state index >= 15 is 0 Å². The number of hydrogen-bond donors (Lipinski definition) is 3. The summed E-state index contributed by atoms with van der Waals surface area (Å²) in [5.74, 6) is 0.331. The highest BCUT2D eigenvalue weighted by Crippen LogP contribution is 2.26. The third-order valence-electron chi connectivity index (χ3n) is 4.36. The first-order chi connectivity index (χ1) is 14.1. The predicted molar refractivity (Wildman–Crippen MR) is 112 cm³/mol. The van der Waals surface area contributed by atoms with Crippen LogP contribution >= 0.6 is 0 Å². The molecule has 7 nitrogen and oxygen atoms in total. The summed E-state index contributed by atoms with van der Waals surface area (Å²) in [6.45, 7) is 0. The first-order valence-corrected chi connectivity index (χ1v) is 8.98. The zero-order valence-electron chi connectivity index (χ0n) is 15.6. The van der Waals surface area contributed by atoms with Crippen molar-refractivity contribution in [3.05, 3.63) is 78.6 Å². The van der Waals surface area contributed by atoms with Gasteiger partial charge in [0, 0.05) is 23.8 Å². The molecule has 0 fully saturated rings. The Bertz CT molecular complexity index is 1170. The van der Waals surface area contributed by atoms with Crippen LogP contribution in [0, 0.1) is 0 Å². The number of amides is 3. The van der Waals surface area contributed by atoms with Crippen LogP contribution in [0.5, 0.6) is 0 Å². The number of nitrogens with zero attached hydrogens (tertiary/aromatic N) is 1. The molecule has 2 aromatic heterocycles. The summed E-state index contributed by atoms with van der Waals surface area (Å²) in [7, 11) is 1.54. The van der Waals surface area contributed by atoms with Gasteiger partial charge in [0.2, 0.25) is 0 Å². The number of anilines is 2. The smallest absolute Gasteiger partial charge is 0.318 e. The van der Waals surface area contributed by atoms with E-state index in [1.54, 1.807) is 55.8 Å². The van der Waals surface area contributed by atoms with Gasteiger partial charge in [-0.1, -0.05) is 18.2 Å². The van der Waals surface area contributed by atoms with Crippen molar-refractivity contribution in [1.82, 2.24) is 10.3 Å². The van der Waals surface area contributed by atoms with Gasteiger partial charge in [0.05, 0.1) is 17.3 Å².